The number of rotatable bonds is 2. The highest BCUT2D eigenvalue weighted by Crippen LogP contribution is 2.16. The first-order valence-corrected chi connectivity index (χ1v) is 2.90. The van der Waals surface area contributed by atoms with Gasteiger partial charge in [0.2, 0.25) is 0 Å². The maximum atomic E-state index is 3.70. The minimum atomic E-state index is 0.175. The maximum Gasteiger partial charge on any atom is 0.000162 e. The second-order valence-electron chi connectivity index (χ2n) is 2.53. The van der Waals surface area contributed by atoms with Crippen LogP contribution in [0.4, 0.5) is 0 Å². The number of hydrogen-bond acceptors (Lipinski definition) is 0. The molecule has 0 aromatic carbocycles. The van der Waals surface area contributed by atoms with E-state index in [1.54, 1.807) is 0 Å². The van der Waals surface area contributed by atoms with Gasteiger partial charge in [-0.05, 0) is 6.92 Å². The van der Waals surface area contributed by atoms with E-state index >= 15 is 0 Å². The van der Waals surface area contributed by atoms with Gasteiger partial charge in [-0.2, -0.15) is 0 Å². The highest BCUT2D eigenvalue weighted by molar-refractivity contribution is 5.03. The van der Waals surface area contributed by atoms with Gasteiger partial charge in [-0.3, -0.25) is 0 Å². The average molecular weight is 110 g/mol. The zero-order valence-corrected chi connectivity index (χ0v) is 5.94. The fraction of sp³-hybridized carbons (Fsp3) is 0.500. The summed E-state index contributed by atoms with van der Waals surface area (Å²) in [6.45, 7) is 9.97. The lowest BCUT2D eigenvalue weighted by Gasteiger charge is -2.11. The van der Waals surface area contributed by atoms with Gasteiger partial charge in [0.05, 0.1) is 0 Å². The number of hydrogen-bond donors (Lipinski definition) is 0. The van der Waals surface area contributed by atoms with Crippen LogP contribution in [0.5, 0.6) is 0 Å². The van der Waals surface area contributed by atoms with Gasteiger partial charge in [0, 0.05) is 5.41 Å². The molecule has 0 aromatic rings. The third kappa shape index (κ3) is 2.62. The topological polar surface area (TPSA) is 0 Å². The van der Waals surface area contributed by atoms with Crippen molar-refractivity contribution in [1.29, 1.82) is 0 Å². The molecular weight excluding hydrogens is 96.1 g/mol. The molecular formula is C8H14. The van der Waals surface area contributed by atoms with Crippen LogP contribution in [0.15, 0.2) is 24.8 Å². The Balaban J connectivity index is 3.90. The Morgan fingerprint density at radius 3 is 2.00 bits per heavy atom. The first kappa shape index (κ1) is 7.48. The van der Waals surface area contributed by atoms with Crippen molar-refractivity contribution >= 4 is 0 Å². The molecule has 0 aliphatic carbocycles. The predicted octanol–water partition coefficient (Wildman–Crippen LogP) is 2.77. The van der Waals surface area contributed by atoms with Gasteiger partial charge in [0.1, 0.15) is 0 Å². The molecule has 0 heteroatoms. The van der Waals surface area contributed by atoms with E-state index in [0.29, 0.717) is 0 Å². The molecule has 0 fully saturated rings. The summed E-state index contributed by atoms with van der Waals surface area (Å²) in [5, 5.41) is 0. The van der Waals surface area contributed by atoms with E-state index in [9.17, 15) is 0 Å². The Morgan fingerprint density at radius 1 is 1.38 bits per heavy atom. The number of allylic oxidation sites excluding steroid dienone is 3. The van der Waals surface area contributed by atoms with Crippen LogP contribution in [0.1, 0.15) is 20.8 Å². The normalized spacial score (nSPS) is 12.4. The summed E-state index contributed by atoms with van der Waals surface area (Å²) in [6, 6.07) is 0. The maximum absolute atomic E-state index is 3.70. The Hall–Kier alpha value is -0.520. The summed E-state index contributed by atoms with van der Waals surface area (Å²) in [4.78, 5) is 0. The highest BCUT2D eigenvalue weighted by atomic mass is 14.1. The van der Waals surface area contributed by atoms with E-state index < -0.39 is 0 Å². The van der Waals surface area contributed by atoms with Crippen molar-refractivity contribution in [2.75, 3.05) is 0 Å². The van der Waals surface area contributed by atoms with Gasteiger partial charge < -0.3 is 0 Å². The zero-order valence-electron chi connectivity index (χ0n) is 5.94. The van der Waals surface area contributed by atoms with Crippen LogP contribution in [-0.4, -0.2) is 0 Å². The fourth-order valence-corrected chi connectivity index (χ4v) is 0.498. The molecule has 0 saturated carbocycles. The van der Waals surface area contributed by atoms with Gasteiger partial charge in [-0.1, -0.05) is 32.1 Å². The van der Waals surface area contributed by atoms with Crippen LogP contribution in [0, 0.1) is 5.41 Å². The first-order chi connectivity index (χ1) is 3.62. The van der Waals surface area contributed by atoms with Gasteiger partial charge >= 0.3 is 0 Å². The lowest BCUT2D eigenvalue weighted by molar-refractivity contribution is 0.627. The summed E-state index contributed by atoms with van der Waals surface area (Å²) in [7, 11) is 0. The summed E-state index contributed by atoms with van der Waals surface area (Å²) in [6.07, 6.45) is 6.11. The lowest BCUT2D eigenvalue weighted by Crippen LogP contribution is -1.99. The Kier molecular flexibility index (Phi) is 2.53. The molecule has 0 aliphatic rings. The van der Waals surface area contributed by atoms with Crippen molar-refractivity contribution in [2.45, 2.75) is 20.8 Å². The molecule has 0 aliphatic heterocycles. The van der Waals surface area contributed by atoms with E-state index in [1.807, 2.05) is 19.1 Å². The molecule has 46 valence electrons. The van der Waals surface area contributed by atoms with Gasteiger partial charge in [0.15, 0.2) is 0 Å². The van der Waals surface area contributed by atoms with Crippen molar-refractivity contribution in [3.05, 3.63) is 24.8 Å². The smallest absolute Gasteiger partial charge is 0.000162 e. The van der Waals surface area contributed by atoms with Crippen LogP contribution < -0.4 is 0 Å². The quantitative estimate of drug-likeness (QED) is 0.479. The van der Waals surface area contributed by atoms with E-state index in [2.05, 4.69) is 26.5 Å². The Labute approximate surface area is 51.9 Å². The Bertz CT molecular complexity index is 96.6. The fourth-order valence-electron chi connectivity index (χ4n) is 0.498. The summed E-state index contributed by atoms with van der Waals surface area (Å²) in [5.41, 5.74) is 0.175. The van der Waals surface area contributed by atoms with Crippen LogP contribution >= 0.6 is 0 Å². The second-order valence-corrected chi connectivity index (χ2v) is 2.53. The lowest BCUT2D eigenvalue weighted by atomic mass is 9.94. The molecule has 0 heterocycles. The highest BCUT2D eigenvalue weighted by Gasteiger charge is 2.04. The average Bonchev–Trinajstić information content (AvgIpc) is 1.67. The Morgan fingerprint density at radius 2 is 1.88 bits per heavy atom. The van der Waals surface area contributed by atoms with Crippen molar-refractivity contribution in [3.63, 3.8) is 0 Å². The second kappa shape index (κ2) is 2.71. The van der Waals surface area contributed by atoms with Gasteiger partial charge in [-0.25, -0.2) is 0 Å². The minimum absolute atomic E-state index is 0.175. The third-order valence-electron chi connectivity index (χ3n) is 1.12. The molecule has 0 radical (unpaired) electrons. The van der Waals surface area contributed by atoms with Crippen LogP contribution in [0.3, 0.4) is 0 Å². The summed E-state index contributed by atoms with van der Waals surface area (Å²) >= 11 is 0. The molecule has 0 rings (SSSR count). The molecule has 0 amide bonds. The molecule has 0 saturated heterocycles. The van der Waals surface area contributed by atoms with Crippen LogP contribution in [-0.2, 0) is 0 Å². The van der Waals surface area contributed by atoms with E-state index in [4.69, 9.17) is 0 Å². The standard InChI is InChI=1S/C8H14/c1-5-7-8(3,4)6-2/h5-7H,2H2,1,3-4H3/b7-5+. The molecule has 0 N–H and O–H groups in total. The van der Waals surface area contributed by atoms with Crippen molar-refractivity contribution in [1.82, 2.24) is 0 Å². The molecule has 8 heavy (non-hydrogen) atoms. The van der Waals surface area contributed by atoms with Crippen LogP contribution in [0.25, 0.3) is 0 Å². The monoisotopic (exact) mass is 110 g/mol. The first-order valence-electron chi connectivity index (χ1n) is 2.90. The van der Waals surface area contributed by atoms with E-state index in [-0.39, 0.29) is 5.41 Å². The molecule has 0 atom stereocenters. The zero-order chi connectivity index (χ0) is 6.62. The summed E-state index contributed by atoms with van der Waals surface area (Å²) in [5.74, 6) is 0. The largest absolute Gasteiger partial charge is 0.102 e. The summed E-state index contributed by atoms with van der Waals surface area (Å²) < 4.78 is 0. The van der Waals surface area contributed by atoms with Gasteiger partial charge in [-0.15, -0.1) is 6.58 Å². The molecule has 0 nitrogen and oxygen atoms in total. The third-order valence-corrected chi connectivity index (χ3v) is 1.12. The van der Waals surface area contributed by atoms with Crippen molar-refractivity contribution in [2.24, 2.45) is 5.41 Å². The van der Waals surface area contributed by atoms with Gasteiger partial charge in [0.25, 0.3) is 0 Å². The molecule has 0 bridgehead atoms. The SMILES string of the molecule is C=CC(C)(C)/C=C/C. The molecule has 0 spiro atoms. The van der Waals surface area contributed by atoms with Crippen LogP contribution in [0.2, 0.25) is 0 Å². The minimum Gasteiger partial charge on any atom is -0.102 e. The van der Waals surface area contributed by atoms with Crippen molar-refractivity contribution < 1.29 is 0 Å². The predicted molar refractivity (Wildman–Crippen MR) is 38.8 cm³/mol. The van der Waals surface area contributed by atoms with Crippen molar-refractivity contribution in [3.8, 4) is 0 Å². The molecule has 0 aromatic heterocycles. The van der Waals surface area contributed by atoms with E-state index in [1.165, 1.54) is 0 Å². The van der Waals surface area contributed by atoms with E-state index in [0.717, 1.165) is 0 Å². The molecule has 0 unspecified atom stereocenters.